The minimum Gasteiger partial charge on any atom is -0.454 e. The second kappa shape index (κ2) is 10.9. The molecule has 34 heavy (non-hydrogen) atoms. The summed E-state index contributed by atoms with van der Waals surface area (Å²) in [5, 5.41) is 5.58. The Balaban J connectivity index is 1.69. The van der Waals surface area contributed by atoms with Gasteiger partial charge in [-0.1, -0.05) is 39.8 Å². The summed E-state index contributed by atoms with van der Waals surface area (Å²) >= 11 is 0. The first kappa shape index (κ1) is 25.5. The Hall–Kier alpha value is -3.11. The lowest BCUT2D eigenvalue weighted by Crippen LogP contribution is -2.49. The van der Waals surface area contributed by atoms with Gasteiger partial charge in [0.1, 0.15) is 6.04 Å². The molecule has 10 heteroatoms. The van der Waals surface area contributed by atoms with Crippen LogP contribution in [0, 0.1) is 5.92 Å². The molecule has 1 heterocycles. The molecule has 0 spiro atoms. The molecule has 0 aromatic heterocycles. The zero-order chi connectivity index (χ0) is 24.9. The standard InChI is InChI=1S/C24H31N3O6S/c1-5-27(6-2)34(30,31)19-9-7-8-18(13-19)23(28)26-22(16(3)4)24(29)25-14-17-10-11-20-21(12-17)33-15-32-20/h7-13,16,22H,5-6,14-15H2,1-4H3,(H,25,29)(H,26,28)/t22-/m1/s1. The number of sulfonamides is 1. The maximum absolute atomic E-state index is 12.9. The summed E-state index contributed by atoms with van der Waals surface area (Å²) in [4.78, 5) is 25.8. The van der Waals surface area contributed by atoms with Crippen molar-refractivity contribution < 1.29 is 27.5 Å². The van der Waals surface area contributed by atoms with Crippen molar-refractivity contribution in [3.63, 3.8) is 0 Å². The maximum Gasteiger partial charge on any atom is 0.251 e. The Morgan fingerprint density at radius 3 is 2.41 bits per heavy atom. The van der Waals surface area contributed by atoms with Crippen molar-refractivity contribution in [3.05, 3.63) is 53.6 Å². The van der Waals surface area contributed by atoms with Gasteiger partial charge in [0.15, 0.2) is 11.5 Å². The Morgan fingerprint density at radius 1 is 1.03 bits per heavy atom. The van der Waals surface area contributed by atoms with E-state index in [0.29, 0.717) is 24.6 Å². The molecule has 9 nitrogen and oxygen atoms in total. The van der Waals surface area contributed by atoms with Crippen molar-refractivity contribution >= 4 is 21.8 Å². The highest BCUT2D eigenvalue weighted by Gasteiger charge is 2.26. The summed E-state index contributed by atoms with van der Waals surface area (Å²) in [6.07, 6.45) is 0. The number of nitrogens with zero attached hydrogens (tertiary/aromatic N) is 1. The van der Waals surface area contributed by atoms with Crippen molar-refractivity contribution in [3.8, 4) is 11.5 Å². The van der Waals surface area contributed by atoms with Crippen LogP contribution in [0.3, 0.4) is 0 Å². The van der Waals surface area contributed by atoms with Gasteiger partial charge in [-0.15, -0.1) is 0 Å². The van der Waals surface area contributed by atoms with Crippen LogP contribution in [0.2, 0.25) is 0 Å². The van der Waals surface area contributed by atoms with E-state index in [9.17, 15) is 18.0 Å². The minimum absolute atomic E-state index is 0.0391. The maximum atomic E-state index is 12.9. The van der Waals surface area contributed by atoms with E-state index in [1.807, 2.05) is 19.9 Å². The molecule has 0 saturated heterocycles. The van der Waals surface area contributed by atoms with Gasteiger partial charge in [-0.2, -0.15) is 4.31 Å². The predicted molar refractivity (Wildman–Crippen MR) is 127 cm³/mol. The third-order valence-electron chi connectivity index (χ3n) is 5.58. The van der Waals surface area contributed by atoms with Crippen LogP contribution in [0.4, 0.5) is 0 Å². The summed E-state index contributed by atoms with van der Waals surface area (Å²) < 4.78 is 37.6. The third kappa shape index (κ3) is 5.68. The first-order valence-electron chi connectivity index (χ1n) is 11.2. The molecule has 2 aromatic carbocycles. The Bertz CT molecular complexity index is 1150. The minimum atomic E-state index is -3.71. The van der Waals surface area contributed by atoms with Crippen molar-refractivity contribution in [2.24, 2.45) is 5.92 Å². The summed E-state index contributed by atoms with van der Waals surface area (Å²) in [6, 6.07) is 10.5. The highest BCUT2D eigenvalue weighted by Crippen LogP contribution is 2.32. The lowest BCUT2D eigenvalue weighted by Gasteiger charge is -2.22. The SMILES string of the molecule is CCN(CC)S(=O)(=O)c1cccc(C(=O)N[C@@H](C(=O)NCc2ccc3c(c2)OCO3)C(C)C)c1. The highest BCUT2D eigenvalue weighted by atomic mass is 32.2. The number of ether oxygens (including phenoxy) is 2. The predicted octanol–water partition coefficient (Wildman–Crippen LogP) is 2.52. The number of benzene rings is 2. The number of nitrogens with one attached hydrogen (secondary N) is 2. The molecule has 0 radical (unpaired) electrons. The molecule has 3 rings (SSSR count). The topological polar surface area (TPSA) is 114 Å². The van der Waals surface area contributed by atoms with Crippen LogP contribution < -0.4 is 20.1 Å². The van der Waals surface area contributed by atoms with Gasteiger partial charge in [-0.25, -0.2) is 8.42 Å². The van der Waals surface area contributed by atoms with Gasteiger partial charge in [0.25, 0.3) is 5.91 Å². The molecule has 0 fully saturated rings. The van der Waals surface area contributed by atoms with Gasteiger partial charge in [-0.05, 0) is 41.8 Å². The number of amides is 2. The first-order valence-corrected chi connectivity index (χ1v) is 12.7. The van der Waals surface area contributed by atoms with Gasteiger partial charge in [0, 0.05) is 25.2 Å². The number of carbonyl (C=O) groups is 2. The fraction of sp³-hybridized carbons (Fsp3) is 0.417. The molecule has 184 valence electrons. The quantitative estimate of drug-likeness (QED) is 0.530. The second-order valence-electron chi connectivity index (χ2n) is 8.22. The smallest absolute Gasteiger partial charge is 0.251 e. The van der Waals surface area contributed by atoms with Gasteiger partial charge in [0.2, 0.25) is 22.7 Å². The molecule has 0 unspecified atom stereocenters. The number of hydrogen-bond donors (Lipinski definition) is 2. The zero-order valence-corrected chi connectivity index (χ0v) is 20.6. The van der Waals surface area contributed by atoms with Crippen LogP contribution >= 0.6 is 0 Å². The summed E-state index contributed by atoms with van der Waals surface area (Å²) in [7, 11) is -3.71. The van der Waals surface area contributed by atoms with Crippen LogP contribution in [0.1, 0.15) is 43.6 Å². The largest absolute Gasteiger partial charge is 0.454 e. The molecule has 2 amide bonds. The van der Waals surface area contributed by atoms with E-state index >= 15 is 0 Å². The normalized spacial score (nSPS) is 13.7. The lowest BCUT2D eigenvalue weighted by molar-refractivity contribution is -0.124. The van der Waals surface area contributed by atoms with Crippen LogP contribution in [-0.2, 0) is 21.4 Å². The van der Waals surface area contributed by atoms with Crippen LogP contribution in [-0.4, -0.2) is 50.5 Å². The molecule has 1 aliphatic heterocycles. The van der Waals surface area contributed by atoms with Gasteiger partial charge < -0.3 is 20.1 Å². The van der Waals surface area contributed by atoms with E-state index in [1.54, 1.807) is 26.0 Å². The summed E-state index contributed by atoms with van der Waals surface area (Å²) in [5.74, 6) is 0.234. The summed E-state index contributed by atoms with van der Waals surface area (Å²) in [5.41, 5.74) is 1.00. The van der Waals surface area contributed by atoms with E-state index in [-0.39, 0.29) is 35.6 Å². The van der Waals surface area contributed by atoms with Crippen LogP contribution in [0.5, 0.6) is 11.5 Å². The van der Waals surface area contributed by atoms with Crippen LogP contribution in [0.25, 0.3) is 0 Å². The van der Waals surface area contributed by atoms with Gasteiger partial charge in [-0.3, -0.25) is 9.59 Å². The average Bonchev–Trinajstić information content (AvgIpc) is 3.29. The molecule has 1 atom stereocenters. The number of carbonyl (C=O) groups excluding carboxylic acids is 2. The van der Waals surface area contributed by atoms with Crippen LogP contribution in [0.15, 0.2) is 47.4 Å². The molecule has 1 aliphatic rings. The molecule has 0 saturated carbocycles. The van der Waals surface area contributed by atoms with E-state index in [2.05, 4.69) is 10.6 Å². The van der Waals surface area contributed by atoms with Crippen molar-refractivity contribution in [1.82, 2.24) is 14.9 Å². The lowest BCUT2D eigenvalue weighted by atomic mass is 10.0. The van der Waals surface area contributed by atoms with E-state index < -0.39 is 22.0 Å². The third-order valence-corrected chi connectivity index (χ3v) is 7.62. The number of rotatable bonds is 10. The van der Waals surface area contributed by atoms with Gasteiger partial charge >= 0.3 is 0 Å². The fourth-order valence-electron chi connectivity index (χ4n) is 3.62. The molecule has 2 aromatic rings. The van der Waals surface area contributed by atoms with Crippen molar-refractivity contribution in [2.75, 3.05) is 19.9 Å². The molecule has 0 bridgehead atoms. The average molecular weight is 490 g/mol. The Morgan fingerprint density at radius 2 is 1.74 bits per heavy atom. The zero-order valence-electron chi connectivity index (χ0n) is 19.8. The molecule has 2 N–H and O–H groups in total. The van der Waals surface area contributed by atoms with Gasteiger partial charge in [0.05, 0.1) is 4.90 Å². The molecule has 0 aliphatic carbocycles. The highest BCUT2D eigenvalue weighted by molar-refractivity contribution is 7.89. The Kier molecular flexibility index (Phi) is 8.16. The summed E-state index contributed by atoms with van der Waals surface area (Å²) in [6.45, 7) is 8.25. The van der Waals surface area contributed by atoms with E-state index in [4.69, 9.17) is 9.47 Å². The monoisotopic (exact) mass is 489 g/mol. The van der Waals surface area contributed by atoms with E-state index in [1.165, 1.54) is 28.6 Å². The molecular formula is C24H31N3O6S. The van der Waals surface area contributed by atoms with Crippen molar-refractivity contribution in [1.29, 1.82) is 0 Å². The Labute approximate surface area is 200 Å². The fourth-order valence-corrected chi connectivity index (χ4v) is 5.12. The van der Waals surface area contributed by atoms with Crippen molar-refractivity contribution in [2.45, 2.75) is 45.2 Å². The molecular weight excluding hydrogens is 458 g/mol. The number of hydrogen-bond acceptors (Lipinski definition) is 6. The second-order valence-corrected chi connectivity index (χ2v) is 10.2. The first-order chi connectivity index (χ1) is 16.2. The number of fused-ring (bicyclic) bond motifs is 1. The van der Waals surface area contributed by atoms with E-state index in [0.717, 1.165) is 5.56 Å².